The number of hydrogen-bond donors (Lipinski definition) is 2. The van der Waals surface area contributed by atoms with Crippen molar-refractivity contribution in [1.82, 2.24) is 9.88 Å². The highest BCUT2D eigenvalue weighted by molar-refractivity contribution is 5.93. The van der Waals surface area contributed by atoms with Crippen molar-refractivity contribution in [3.8, 4) is 5.75 Å². The SMILES string of the molecule is O=C(O)C1c2[nH]c3ccc4c(c3c2C2CCN1C2)CCCO4. The molecule has 1 fully saturated rings. The number of benzene rings is 1. The van der Waals surface area contributed by atoms with Crippen molar-refractivity contribution in [2.24, 2.45) is 0 Å². The molecule has 0 aliphatic carbocycles. The molecule has 5 rings (SSSR count). The van der Waals surface area contributed by atoms with Crippen LogP contribution in [0, 0.1) is 0 Å². The summed E-state index contributed by atoms with van der Waals surface area (Å²) in [7, 11) is 0. The molecule has 114 valence electrons. The molecular weight excluding hydrogens is 280 g/mol. The summed E-state index contributed by atoms with van der Waals surface area (Å²) in [6.45, 7) is 2.51. The van der Waals surface area contributed by atoms with Crippen LogP contribution < -0.4 is 4.74 Å². The standard InChI is InChI=1S/C17H18N2O3/c20-17(21)16-15-13(9-5-6-19(16)8-9)14-10-2-1-7-22-12(10)4-3-11(14)18-15/h3-4,9,16,18H,1-2,5-8H2,(H,20,21). The lowest BCUT2D eigenvalue weighted by Crippen LogP contribution is -2.35. The molecule has 1 aromatic heterocycles. The highest BCUT2D eigenvalue weighted by Gasteiger charge is 2.44. The molecule has 4 heterocycles. The van der Waals surface area contributed by atoms with Crippen LogP contribution in [-0.2, 0) is 11.2 Å². The fourth-order valence-electron chi connectivity index (χ4n) is 4.56. The van der Waals surface area contributed by atoms with Crippen LogP contribution in [0.3, 0.4) is 0 Å². The average Bonchev–Trinajstić information content (AvgIpc) is 3.10. The first-order chi connectivity index (χ1) is 10.7. The number of carbonyl (C=O) groups is 1. The van der Waals surface area contributed by atoms with Gasteiger partial charge in [-0.3, -0.25) is 9.69 Å². The van der Waals surface area contributed by atoms with E-state index in [1.165, 1.54) is 16.5 Å². The van der Waals surface area contributed by atoms with Gasteiger partial charge in [0, 0.05) is 34.6 Å². The molecule has 3 aliphatic rings. The normalized spacial score (nSPS) is 29.0. The Morgan fingerprint density at radius 2 is 2.32 bits per heavy atom. The zero-order valence-corrected chi connectivity index (χ0v) is 12.3. The quantitative estimate of drug-likeness (QED) is 0.848. The van der Waals surface area contributed by atoms with E-state index in [4.69, 9.17) is 4.74 Å². The largest absolute Gasteiger partial charge is 0.493 e. The number of hydrogen-bond acceptors (Lipinski definition) is 3. The van der Waals surface area contributed by atoms with E-state index in [1.54, 1.807) is 0 Å². The number of aliphatic carboxylic acids is 1. The number of aryl methyl sites for hydroxylation is 1. The number of nitrogens with one attached hydrogen (secondary N) is 1. The average molecular weight is 298 g/mol. The third kappa shape index (κ3) is 1.49. The van der Waals surface area contributed by atoms with Gasteiger partial charge in [-0.2, -0.15) is 0 Å². The lowest BCUT2D eigenvalue weighted by molar-refractivity contribution is -0.143. The molecule has 0 spiro atoms. The number of carboxylic acids is 1. The van der Waals surface area contributed by atoms with Crippen LogP contribution in [0.1, 0.15) is 41.6 Å². The summed E-state index contributed by atoms with van der Waals surface area (Å²) in [5.74, 6) is 0.680. The Morgan fingerprint density at radius 3 is 3.18 bits per heavy atom. The molecule has 3 atom stereocenters. The zero-order chi connectivity index (χ0) is 14.8. The number of ether oxygens (including phenoxy) is 1. The Morgan fingerprint density at radius 1 is 1.41 bits per heavy atom. The molecule has 2 aromatic rings. The summed E-state index contributed by atoms with van der Waals surface area (Å²) >= 11 is 0. The van der Waals surface area contributed by atoms with Gasteiger partial charge in [0.2, 0.25) is 0 Å². The maximum absolute atomic E-state index is 11.8. The maximum atomic E-state index is 11.8. The molecule has 2 bridgehead atoms. The van der Waals surface area contributed by atoms with Crippen LogP contribution in [0.2, 0.25) is 0 Å². The monoisotopic (exact) mass is 298 g/mol. The second-order valence-electron chi connectivity index (χ2n) is 6.59. The summed E-state index contributed by atoms with van der Waals surface area (Å²) in [6, 6.07) is 3.54. The highest BCUT2D eigenvalue weighted by atomic mass is 16.5. The van der Waals surface area contributed by atoms with Crippen LogP contribution in [0.4, 0.5) is 0 Å². The molecule has 0 saturated carbocycles. The van der Waals surface area contributed by atoms with Crippen molar-refractivity contribution in [1.29, 1.82) is 0 Å². The fraction of sp³-hybridized carbons (Fsp3) is 0.471. The van der Waals surface area contributed by atoms with Crippen LogP contribution in [0.25, 0.3) is 10.9 Å². The number of nitrogens with zero attached hydrogens (tertiary/aromatic N) is 1. The molecule has 5 nitrogen and oxygen atoms in total. The van der Waals surface area contributed by atoms with Gasteiger partial charge in [-0.25, -0.2) is 0 Å². The molecule has 1 saturated heterocycles. The van der Waals surface area contributed by atoms with E-state index in [2.05, 4.69) is 9.88 Å². The second kappa shape index (κ2) is 4.26. The van der Waals surface area contributed by atoms with Crippen LogP contribution in [0.15, 0.2) is 12.1 Å². The number of aromatic nitrogens is 1. The Bertz CT molecular complexity index is 795. The van der Waals surface area contributed by atoms with Crippen LogP contribution >= 0.6 is 0 Å². The summed E-state index contributed by atoms with van der Waals surface area (Å²) < 4.78 is 5.80. The van der Waals surface area contributed by atoms with E-state index in [0.29, 0.717) is 5.92 Å². The topological polar surface area (TPSA) is 65.6 Å². The summed E-state index contributed by atoms with van der Waals surface area (Å²) in [4.78, 5) is 17.3. The van der Waals surface area contributed by atoms with Crippen molar-refractivity contribution < 1.29 is 14.6 Å². The Hall–Kier alpha value is -2.01. The Labute approximate surface area is 127 Å². The van der Waals surface area contributed by atoms with Gasteiger partial charge in [-0.05, 0) is 43.5 Å². The first-order valence-electron chi connectivity index (χ1n) is 8.01. The van der Waals surface area contributed by atoms with Gasteiger partial charge < -0.3 is 14.8 Å². The van der Waals surface area contributed by atoms with Gasteiger partial charge >= 0.3 is 5.97 Å². The molecule has 22 heavy (non-hydrogen) atoms. The minimum absolute atomic E-state index is 0.452. The van der Waals surface area contributed by atoms with Gasteiger partial charge in [-0.1, -0.05) is 0 Å². The van der Waals surface area contributed by atoms with E-state index in [1.807, 2.05) is 12.1 Å². The smallest absolute Gasteiger partial charge is 0.327 e. The lowest BCUT2D eigenvalue weighted by Gasteiger charge is -2.29. The van der Waals surface area contributed by atoms with E-state index in [0.717, 1.165) is 55.9 Å². The van der Waals surface area contributed by atoms with Gasteiger partial charge in [0.05, 0.1) is 6.61 Å². The van der Waals surface area contributed by atoms with E-state index >= 15 is 0 Å². The molecular formula is C17H18N2O3. The van der Waals surface area contributed by atoms with Crippen molar-refractivity contribution in [3.05, 3.63) is 29.0 Å². The molecule has 5 heteroatoms. The maximum Gasteiger partial charge on any atom is 0.327 e. The Kier molecular flexibility index (Phi) is 2.42. The minimum Gasteiger partial charge on any atom is -0.493 e. The van der Waals surface area contributed by atoms with E-state index < -0.39 is 12.0 Å². The minimum atomic E-state index is -0.752. The number of H-pyrrole nitrogens is 1. The van der Waals surface area contributed by atoms with Gasteiger partial charge in [0.1, 0.15) is 11.8 Å². The lowest BCUT2D eigenvalue weighted by atomic mass is 9.87. The number of fused-ring (bicyclic) bond motifs is 8. The van der Waals surface area contributed by atoms with E-state index in [-0.39, 0.29) is 0 Å². The van der Waals surface area contributed by atoms with Crippen molar-refractivity contribution >= 4 is 16.9 Å². The first-order valence-corrected chi connectivity index (χ1v) is 8.01. The van der Waals surface area contributed by atoms with Crippen molar-refractivity contribution in [2.45, 2.75) is 31.2 Å². The van der Waals surface area contributed by atoms with E-state index in [9.17, 15) is 9.90 Å². The predicted octanol–water partition coefficient (Wildman–Crippen LogP) is 2.42. The summed E-state index contributed by atoms with van der Waals surface area (Å²) in [6.07, 6.45) is 3.10. The summed E-state index contributed by atoms with van der Waals surface area (Å²) in [5.41, 5.74) is 4.48. The van der Waals surface area contributed by atoms with Crippen LogP contribution in [-0.4, -0.2) is 40.7 Å². The molecule has 0 radical (unpaired) electrons. The fourth-order valence-corrected chi connectivity index (χ4v) is 4.56. The van der Waals surface area contributed by atoms with Crippen molar-refractivity contribution in [2.75, 3.05) is 19.7 Å². The molecule has 3 unspecified atom stereocenters. The Balaban J connectivity index is 1.83. The second-order valence-corrected chi connectivity index (χ2v) is 6.59. The third-order valence-electron chi connectivity index (χ3n) is 5.43. The molecule has 3 aliphatic heterocycles. The number of aromatic amines is 1. The molecule has 0 amide bonds. The first kappa shape index (κ1) is 12.5. The number of rotatable bonds is 1. The zero-order valence-electron chi connectivity index (χ0n) is 12.3. The van der Waals surface area contributed by atoms with Crippen LogP contribution in [0.5, 0.6) is 5.75 Å². The predicted molar refractivity (Wildman–Crippen MR) is 81.4 cm³/mol. The number of carboxylic acid groups (broad SMARTS) is 1. The summed E-state index contributed by atoms with van der Waals surface area (Å²) in [5, 5.41) is 10.9. The molecule has 1 aromatic carbocycles. The van der Waals surface area contributed by atoms with Gasteiger partial charge in [0.25, 0.3) is 0 Å². The molecule has 2 N–H and O–H groups in total. The van der Waals surface area contributed by atoms with Crippen molar-refractivity contribution in [3.63, 3.8) is 0 Å². The van der Waals surface area contributed by atoms with Gasteiger partial charge in [0.15, 0.2) is 0 Å². The van der Waals surface area contributed by atoms with Gasteiger partial charge in [-0.15, -0.1) is 0 Å². The highest BCUT2D eigenvalue weighted by Crippen LogP contribution is 2.48. The third-order valence-corrected chi connectivity index (χ3v) is 5.43.